The summed E-state index contributed by atoms with van der Waals surface area (Å²) in [5.41, 5.74) is 1.08. The maximum absolute atomic E-state index is 11.8. The zero-order valence-electron chi connectivity index (χ0n) is 14.7. The van der Waals surface area contributed by atoms with E-state index in [4.69, 9.17) is 25.8 Å². The van der Waals surface area contributed by atoms with Crippen molar-refractivity contribution in [2.24, 2.45) is 0 Å². The second-order valence-corrected chi connectivity index (χ2v) is 5.68. The predicted molar refractivity (Wildman–Crippen MR) is 101 cm³/mol. The number of halogens is 1. The summed E-state index contributed by atoms with van der Waals surface area (Å²) < 4.78 is 14.9. The van der Waals surface area contributed by atoms with Gasteiger partial charge in [-0.1, -0.05) is 17.7 Å². The van der Waals surface area contributed by atoms with Crippen molar-refractivity contribution in [3.05, 3.63) is 53.1 Å². The van der Waals surface area contributed by atoms with Crippen LogP contribution in [0.2, 0.25) is 5.02 Å². The molecule has 0 heterocycles. The number of methoxy groups -OCH3 is 2. The number of benzene rings is 2. The van der Waals surface area contributed by atoms with E-state index in [1.54, 1.807) is 24.3 Å². The monoisotopic (exact) mass is 391 g/mol. The van der Waals surface area contributed by atoms with Gasteiger partial charge in [0.15, 0.2) is 18.1 Å². The standard InChI is InChI=1S/C19H18ClNO6/c1-25-16-7-5-13(10-14(16)20)21-18(23)11-27-19(24)8-4-12-3-6-15(22)17(9-12)26-2/h3-10,22H,11H2,1-2H3,(H,21,23)/b8-4+. The fourth-order valence-corrected chi connectivity index (χ4v) is 2.35. The van der Waals surface area contributed by atoms with Crippen molar-refractivity contribution in [2.45, 2.75) is 0 Å². The minimum atomic E-state index is -0.690. The van der Waals surface area contributed by atoms with Gasteiger partial charge in [-0.2, -0.15) is 0 Å². The lowest BCUT2D eigenvalue weighted by Crippen LogP contribution is -2.20. The maximum Gasteiger partial charge on any atom is 0.331 e. The number of ether oxygens (including phenoxy) is 3. The summed E-state index contributed by atoms with van der Waals surface area (Å²) in [6, 6.07) is 9.34. The highest BCUT2D eigenvalue weighted by molar-refractivity contribution is 6.32. The molecule has 142 valence electrons. The number of phenolic OH excluding ortho intramolecular Hbond substituents is 1. The Morgan fingerprint density at radius 1 is 1.11 bits per heavy atom. The van der Waals surface area contributed by atoms with E-state index in [1.165, 1.54) is 38.5 Å². The minimum Gasteiger partial charge on any atom is -0.504 e. The van der Waals surface area contributed by atoms with Crippen molar-refractivity contribution in [3.63, 3.8) is 0 Å². The van der Waals surface area contributed by atoms with Gasteiger partial charge in [0.2, 0.25) is 0 Å². The third-order valence-electron chi connectivity index (χ3n) is 3.40. The summed E-state index contributed by atoms with van der Waals surface area (Å²) in [4.78, 5) is 23.6. The molecule has 2 aromatic carbocycles. The molecule has 0 atom stereocenters. The molecular weight excluding hydrogens is 374 g/mol. The van der Waals surface area contributed by atoms with Gasteiger partial charge in [0, 0.05) is 11.8 Å². The van der Waals surface area contributed by atoms with Gasteiger partial charge in [-0.3, -0.25) is 4.79 Å². The van der Waals surface area contributed by atoms with Gasteiger partial charge in [0.1, 0.15) is 5.75 Å². The molecule has 0 aliphatic carbocycles. The van der Waals surface area contributed by atoms with E-state index in [2.05, 4.69) is 5.32 Å². The van der Waals surface area contributed by atoms with Crippen LogP contribution in [0.15, 0.2) is 42.5 Å². The molecule has 0 unspecified atom stereocenters. The Balaban J connectivity index is 1.86. The molecule has 0 radical (unpaired) electrons. The molecule has 0 spiro atoms. The van der Waals surface area contributed by atoms with Crippen LogP contribution in [0.25, 0.3) is 6.08 Å². The number of anilines is 1. The zero-order valence-corrected chi connectivity index (χ0v) is 15.4. The maximum atomic E-state index is 11.8. The van der Waals surface area contributed by atoms with Gasteiger partial charge in [-0.15, -0.1) is 0 Å². The quantitative estimate of drug-likeness (QED) is 0.555. The molecule has 0 bridgehead atoms. The van der Waals surface area contributed by atoms with Crippen molar-refractivity contribution in [1.29, 1.82) is 0 Å². The molecule has 0 aliphatic heterocycles. The number of carbonyl (C=O) groups is 2. The average molecular weight is 392 g/mol. The summed E-state index contributed by atoms with van der Waals surface area (Å²) in [6.45, 7) is -0.453. The second-order valence-electron chi connectivity index (χ2n) is 5.27. The van der Waals surface area contributed by atoms with Crippen LogP contribution in [0.4, 0.5) is 5.69 Å². The smallest absolute Gasteiger partial charge is 0.331 e. The van der Waals surface area contributed by atoms with E-state index in [9.17, 15) is 14.7 Å². The molecule has 8 heteroatoms. The van der Waals surface area contributed by atoms with E-state index in [1.807, 2.05) is 0 Å². The Bertz CT molecular complexity index is 865. The predicted octanol–water partition coefficient (Wildman–Crippen LogP) is 3.26. The van der Waals surface area contributed by atoms with Gasteiger partial charge in [-0.05, 0) is 42.0 Å². The number of phenols is 1. The molecule has 0 aliphatic rings. The van der Waals surface area contributed by atoms with Crippen LogP contribution < -0.4 is 14.8 Å². The minimum absolute atomic E-state index is 0.00691. The van der Waals surface area contributed by atoms with Gasteiger partial charge >= 0.3 is 5.97 Å². The number of nitrogens with one attached hydrogen (secondary N) is 1. The Kier molecular flexibility index (Phi) is 7.08. The molecule has 2 rings (SSSR count). The Hall–Kier alpha value is -3.19. The van der Waals surface area contributed by atoms with Crippen LogP contribution in [0.5, 0.6) is 17.2 Å². The van der Waals surface area contributed by atoms with Gasteiger partial charge in [-0.25, -0.2) is 4.79 Å². The Labute approximate surface area is 161 Å². The lowest BCUT2D eigenvalue weighted by atomic mass is 10.2. The summed E-state index contributed by atoms with van der Waals surface area (Å²) in [7, 11) is 2.91. The van der Waals surface area contributed by atoms with Gasteiger partial charge in [0.25, 0.3) is 5.91 Å². The van der Waals surface area contributed by atoms with Crippen LogP contribution in [0.3, 0.4) is 0 Å². The number of amides is 1. The van der Waals surface area contributed by atoms with Crippen molar-refractivity contribution in [3.8, 4) is 17.2 Å². The van der Waals surface area contributed by atoms with Gasteiger partial charge in [0.05, 0.1) is 19.2 Å². The first-order valence-corrected chi connectivity index (χ1v) is 8.16. The molecular formula is C19H18ClNO6. The van der Waals surface area contributed by atoms with Crippen LogP contribution in [-0.2, 0) is 14.3 Å². The highest BCUT2D eigenvalue weighted by Gasteiger charge is 2.08. The number of hydrogen-bond acceptors (Lipinski definition) is 6. The lowest BCUT2D eigenvalue weighted by molar-refractivity contribution is -0.142. The lowest BCUT2D eigenvalue weighted by Gasteiger charge is -2.08. The zero-order chi connectivity index (χ0) is 19.8. The fourth-order valence-electron chi connectivity index (χ4n) is 2.09. The number of esters is 1. The third kappa shape index (κ3) is 5.93. The summed E-state index contributed by atoms with van der Waals surface area (Å²) in [5, 5.41) is 12.4. The van der Waals surface area contributed by atoms with E-state index < -0.39 is 18.5 Å². The SMILES string of the molecule is COc1cc(/C=C/C(=O)OCC(=O)Nc2ccc(OC)c(Cl)c2)ccc1O. The summed E-state index contributed by atoms with van der Waals surface area (Å²) in [5.74, 6) is -0.443. The first-order valence-electron chi connectivity index (χ1n) is 7.78. The third-order valence-corrected chi connectivity index (χ3v) is 3.69. The molecule has 2 N–H and O–H groups in total. The van der Waals surface area contributed by atoms with Crippen LogP contribution in [0.1, 0.15) is 5.56 Å². The van der Waals surface area contributed by atoms with E-state index in [0.717, 1.165) is 0 Å². The number of rotatable bonds is 7. The number of carbonyl (C=O) groups excluding carboxylic acids is 2. The Morgan fingerprint density at radius 2 is 1.85 bits per heavy atom. The number of hydrogen-bond donors (Lipinski definition) is 2. The highest BCUT2D eigenvalue weighted by atomic mass is 35.5. The molecule has 1 amide bonds. The molecule has 0 aromatic heterocycles. The topological polar surface area (TPSA) is 94.1 Å². The number of aromatic hydroxyl groups is 1. The van der Waals surface area contributed by atoms with E-state index in [0.29, 0.717) is 22.0 Å². The first kappa shape index (κ1) is 20.1. The largest absolute Gasteiger partial charge is 0.504 e. The van der Waals surface area contributed by atoms with Crippen LogP contribution >= 0.6 is 11.6 Å². The first-order chi connectivity index (χ1) is 12.9. The molecule has 0 saturated heterocycles. The Morgan fingerprint density at radius 3 is 2.52 bits per heavy atom. The summed E-state index contributed by atoms with van der Waals surface area (Å²) in [6.07, 6.45) is 2.65. The molecule has 7 nitrogen and oxygen atoms in total. The van der Waals surface area contributed by atoms with Crippen LogP contribution in [0, 0.1) is 0 Å². The van der Waals surface area contributed by atoms with Crippen molar-refractivity contribution >= 4 is 35.2 Å². The van der Waals surface area contributed by atoms with Crippen molar-refractivity contribution in [2.75, 3.05) is 26.1 Å². The van der Waals surface area contributed by atoms with Crippen molar-refractivity contribution < 1.29 is 28.9 Å². The van der Waals surface area contributed by atoms with Crippen molar-refractivity contribution in [1.82, 2.24) is 0 Å². The highest BCUT2D eigenvalue weighted by Crippen LogP contribution is 2.27. The molecule has 0 fully saturated rings. The fraction of sp³-hybridized carbons (Fsp3) is 0.158. The van der Waals surface area contributed by atoms with E-state index in [-0.39, 0.29) is 11.5 Å². The molecule has 27 heavy (non-hydrogen) atoms. The van der Waals surface area contributed by atoms with Crippen LogP contribution in [-0.4, -0.2) is 37.8 Å². The summed E-state index contributed by atoms with van der Waals surface area (Å²) >= 11 is 5.98. The average Bonchev–Trinajstić information content (AvgIpc) is 2.66. The molecule has 0 saturated carbocycles. The second kappa shape index (κ2) is 9.49. The normalized spacial score (nSPS) is 10.5. The van der Waals surface area contributed by atoms with Gasteiger partial charge < -0.3 is 24.6 Å². The molecule has 2 aromatic rings. The van der Waals surface area contributed by atoms with E-state index >= 15 is 0 Å².